The van der Waals surface area contributed by atoms with Crippen molar-refractivity contribution in [1.29, 1.82) is 0 Å². The maximum Gasteiger partial charge on any atom is 0.251 e. The van der Waals surface area contributed by atoms with Crippen LogP contribution >= 0.6 is 0 Å². The number of methoxy groups -OCH3 is 2. The second-order valence-electron chi connectivity index (χ2n) is 7.04. The van der Waals surface area contributed by atoms with E-state index in [0.29, 0.717) is 12.1 Å². The zero-order valence-corrected chi connectivity index (χ0v) is 16.1. The molecule has 0 saturated heterocycles. The molecule has 0 aromatic heterocycles. The highest BCUT2D eigenvalue weighted by Gasteiger charge is 2.24. The molecule has 4 heteroatoms. The maximum absolute atomic E-state index is 12.4. The number of carbonyl (C=O) groups excluding carboxylic acids is 1. The standard InChI is InChI=1S/C22H27NO3/c1-22(2,3)19(15-23-21(24)16-10-7-6-8-11-16)20(26-5)17-12-9-13-18(14-17)25-4/h6-14H,15H2,1-5H3,(H,23,24)/b20-19-. The Hall–Kier alpha value is -2.75. The first-order valence-electron chi connectivity index (χ1n) is 8.62. The second-order valence-corrected chi connectivity index (χ2v) is 7.04. The van der Waals surface area contributed by atoms with E-state index in [0.717, 1.165) is 22.6 Å². The van der Waals surface area contributed by atoms with Crippen LogP contribution in [0.4, 0.5) is 0 Å². The maximum atomic E-state index is 12.4. The van der Waals surface area contributed by atoms with Crippen LogP contribution < -0.4 is 10.1 Å². The van der Waals surface area contributed by atoms with Crippen LogP contribution in [0.1, 0.15) is 36.7 Å². The van der Waals surface area contributed by atoms with Gasteiger partial charge in [0.15, 0.2) is 0 Å². The number of nitrogens with one attached hydrogen (secondary N) is 1. The SMILES string of the molecule is CO/C(=C(/CNC(=O)c1ccccc1)C(C)(C)C)c1cccc(OC)c1. The van der Waals surface area contributed by atoms with Gasteiger partial charge in [0.05, 0.1) is 14.2 Å². The summed E-state index contributed by atoms with van der Waals surface area (Å²) in [6.45, 7) is 6.72. The van der Waals surface area contributed by atoms with Gasteiger partial charge in [-0.2, -0.15) is 0 Å². The molecule has 0 atom stereocenters. The Morgan fingerprint density at radius 3 is 2.19 bits per heavy atom. The highest BCUT2D eigenvalue weighted by molar-refractivity contribution is 5.94. The summed E-state index contributed by atoms with van der Waals surface area (Å²) in [5.74, 6) is 1.41. The number of amides is 1. The van der Waals surface area contributed by atoms with E-state index in [1.165, 1.54) is 0 Å². The summed E-state index contributed by atoms with van der Waals surface area (Å²) in [5, 5.41) is 3.01. The van der Waals surface area contributed by atoms with E-state index in [9.17, 15) is 4.79 Å². The molecular weight excluding hydrogens is 326 g/mol. The van der Waals surface area contributed by atoms with E-state index in [2.05, 4.69) is 26.1 Å². The predicted octanol–water partition coefficient (Wildman–Crippen LogP) is 4.53. The number of carbonyl (C=O) groups is 1. The third-order valence-corrected chi connectivity index (χ3v) is 4.18. The normalized spacial score (nSPS) is 12.2. The molecule has 0 spiro atoms. The molecule has 26 heavy (non-hydrogen) atoms. The van der Waals surface area contributed by atoms with Crippen molar-refractivity contribution < 1.29 is 14.3 Å². The predicted molar refractivity (Wildman–Crippen MR) is 105 cm³/mol. The molecule has 2 aromatic carbocycles. The van der Waals surface area contributed by atoms with Gasteiger partial charge in [0.1, 0.15) is 11.5 Å². The zero-order valence-electron chi connectivity index (χ0n) is 16.1. The van der Waals surface area contributed by atoms with Gasteiger partial charge in [-0.05, 0) is 35.3 Å². The van der Waals surface area contributed by atoms with Crippen LogP contribution in [-0.2, 0) is 4.74 Å². The van der Waals surface area contributed by atoms with Gasteiger partial charge < -0.3 is 14.8 Å². The average molecular weight is 353 g/mol. The highest BCUT2D eigenvalue weighted by atomic mass is 16.5. The minimum atomic E-state index is -0.182. The largest absolute Gasteiger partial charge is 0.497 e. The smallest absolute Gasteiger partial charge is 0.251 e. The third-order valence-electron chi connectivity index (χ3n) is 4.18. The van der Waals surface area contributed by atoms with Gasteiger partial charge >= 0.3 is 0 Å². The molecule has 0 radical (unpaired) electrons. The minimum Gasteiger partial charge on any atom is -0.497 e. The van der Waals surface area contributed by atoms with Crippen molar-refractivity contribution in [2.75, 3.05) is 20.8 Å². The fourth-order valence-corrected chi connectivity index (χ4v) is 2.73. The molecule has 0 aliphatic heterocycles. The van der Waals surface area contributed by atoms with Crippen molar-refractivity contribution in [3.63, 3.8) is 0 Å². The first kappa shape index (κ1) is 19.6. The lowest BCUT2D eigenvalue weighted by atomic mass is 9.84. The molecular formula is C22H27NO3. The van der Waals surface area contributed by atoms with Crippen molar-refractivity contribution in [2.45, 2.75) is 20.8 Å². The fraction of sp³-hybridized carbons (Fsp3) is 0.318. The monoisotopic (exact) mass is 353 g/mol. The van der Waals surface area contributed by atoms with E-state index in [1.807, 2.05) is 42.5 Å². The van der Waals surface area contributed by atoms with Gasteiger partial charge in [0.25, 0.3) is 5.91 Å². The number of ether oxygens (including phenoxy) is 2. The molecule has 2 rings (SSSR count). The summed E-state index contributed by atoms with van der Waals surface area (Å²) >= 11 is 0. The summed E-state index contributed by atoms with van der Waals surface area (Å²) < 4.78 is 11.1. The molecule has 4 nitrogen and oxygen atoms in total. The minimum absolute atomic E-state index is 0.103. The molecule has 0 aliphatic carbocycles. The van der Waals surface area contributed by atoms with Crippen molar-refractivity contribution in [3.05, 3.63) is 71.3 Å². The van der Waals surface area contributed by atoms with E-state index >= 15 is 0 Å². The molecule has 138 valence electrons. The lowest BCUT2D eigenvalue weighted by Crippen LogP contribution is -2.30. The molecule has 0 saturated carbocycles. The van der Waals surface area contributed by atoms with Crippen LogP contribution in [0.5, 0.6) is 5.75 Å². The van der Waals surface area contributed by atoms with Crippen LogP contribution in [0.15, 0.2) is 60.2 Å². The van der Waals surface area contributed by atoms with Crippen molar-refractivity contribution >= 4 is 11.7 Å². The van der Waals surface area contributed by atoms with Crippen molar-refractivity contribution in [2.24, 2.45) is 5.41 Å². The van der Waals surface area contributed by atoms with Crippen LogP contribution in [0.25, 0.3) is 5.76 Å². The molecule has 0 bridgehead atoms. The van der Waals surface area contributed by atoms with Gasteiger partial charge in [-0.1, -0.05) is 51.1 Å². The van der Waals surface area contributed by atoms with E-state index in [1.54, 1.807) is 26.4 Å². The summed E-state index contributed by atoms with van der Waals surface area (Å²) in [7, 11) is 3.29. The number of benzene rings is 2. The van der Waals surface area contributed by atoms with Crippen LogP contribution in [-0.4, -0.2) is 26.7 Å². The number of hydrogen-bond donors (Lipinski definition) is 1. The van der Waals surface area contributed by atoms with Crippen LogP contribution in [0, 0.1) is 5.41 Å². The lowest BCUT2D eigenvalue weighted by molar-refractivity contribution is 0.0955. The molecule has 1 N–H and O–H groups in total. The van der Waals surface area contributed by atoms with E-state index in [4.69, 9.17) is 9.47 Å². The molecule has 0 unspecified atom stereocenters. The van der Waals surface area contributed by atoms with Crippen LogP contribution in [0.3, 0.4) is 0 Å². The zero-order chi connectivity index (χ0) is 19.2. The van der Waals surface area contributed by atoms with Gasteiger partial charge in [-0.3, -0.25) is 4.79 Å². The highest BCUT2D eigenvalue weighted by Crippen LogP contribution is 2.33. The Kier molecular flexibility index (Phi) is 6.45. The Labute approximate surface area is 155 Å². The first-order chi connectivity index (χ1) is 12.4. The Morgan fingerprint density at radius 1 is 0.962 bits per heavy atom. The Morgan fingerprint density at radius 2 is 1.62 bits per heavy atom. The van der Waals surface area contributed by atoms with Crippen molar-refractivity contribution in [3.8, 4) is 5.75 Å². The van der Waals surface area contributed by atoms with Gasteiger partial charge in [-0.15, -0.1) is 0 Å². The van der Waals surface area contributed by atoms with Gasteiger partial charge in [0.2, 0.25) is 0 Å². The Bertz CT molecular complexity index is 773. The molecule has 2 aromatic rings. The van der Waals surface area contributed by atoms with Gasteiger partial charge in [0, 0.05) is 17.7 Å². The molecule has 0 aliphatic rings. The fourth-order valence-electron chi connectivity index (χ4n) is 2.73. The van der Waals surface area contributed by atoms with Crippen molar-refractivity contribution in [1.82, 2.24) is 5.32 Å². The molecule has 0 heterocycles. The van der Waals surface area contributed by atoms with Crippen LogP contribution in [0.2, 0.25) is 0 Å². The topological polar surface area (TPSA) is 47.6 Å². The van der Waals surface area contributed by atoms with E-state index in [-0.39, 0.29) is 11.3 Å². The van der Waals surface area contributed by atoms with Gasteiger partial charge in [-0.25, -0.2) is 0 Å². The summed E-state index contributed by atoms with van der Waals surface area (Å²) in [5.41, 5.74) is 2.39. The molecule has 0 fully saturated rings. The average Bonchev–Trinajstić information content (AvgIpc) is 2.64. The lowest BCUT2D eigenvalue weighted by Gasteiger charge is -2.27. The Balaban J connectivity index is 2.35. The second kappa shape index (κ2) is 8.56. The summed E-state index contributed by atoms with van der Waals surface area (Å²) in [6.07, 6.45) is 0. The third kappa shape index (κ3) is 4.88. The number of hydrogen-bond acceptors (Lipinski definition) is 3. The molecule has 1 amide bonds. The number of rotatable bonds is 6. The quantitative estimate of drug-likeness (QED) is 0.776. The first-order valence-corrected chi connectivity index (χ1v) is 8.62. The van der Waals surface area contributed by atoms with E-state index < -0.39 is 0 Å². The summed E-state index contributed by atoms with van der Waals surface area (Å²) in [6, 6.07) is 16.9. The summed E-state index contributed by atoms with van der Waals surface area (Å²) in [4.78, 5) is 12.4.